The number of amides is 1. The number of rotatable bonds is 8. The van der Waals surface area contributed by atoms with Gasteiger partial charge in [0.05, 0.1) is 0 Å². The van der Waals surface area contributed by atoms with Crippen molar-refractivity contribution in [3.8, 4) is 0 Å². The maximum Gasteiger partial charge on any atom is 0.226 e. The van der Waals surface area contributed by atoms with Gasteiger partial charge in [-0.25, -0.2) is 0 Å². The molecule has 0 heterocycles. The van der Waals surface area contributed by atoms with Crippen molar-refractivity contribution >= 4 is 34.6 Å². The minimum Gasteiger partial charge on any atom is -0.384 e. The molecule has 0 aromatic heterocycles. The molecule has 2 aromatic rings. The molecule has 134 valence electrons. The van der Waals surface area contributed by atoms with Gasteiger partial charge < -0.3 is 15.5 Å². The van der Waals surface area contributed by atoms with E-state index in [0.29, 0.717) is 18.0 Å². The summed E-state index contributed by atoms with van der Waals surface area (Å²) >= 11 is 5.95. The van der Waals surface area contributed by atoms with Crippen LogP contribution in [0.5, 0.6) is 0 Å². The van der Waals surface area contributed by atoms with Gasteiger partial charge in [-0.1, -0.05) is 11.6 Å². The zero-order valence-electron chi connectivity index (χ0n) is 15.1. The van der Waals surface area contributed by atoms with Gasteiger partial charge in [0, 0.05) is 48.1 Å². The lowest BCUT2D eigenvalue weighted by atomic mass is 10.2. The van der Waals surface area contributed by atoms with E-state index >= 15 is 0 Å². The first-order valence-electron chi connectivity index (χ1n) is 8.68. The molecule has 0 atom stereocenters. The molecule has 0 aliphatic carbocycles. The van der Waals surface area contributed by atoms with Crippen LogP contribution >= 0.6 is 11.6 Å². The normalized spacial score (nSPS) is 10.4. The maximum absolute atomic E-state index is 12.1. The summed E-state index contributed by atoms with van der Waals surface area (Å²) in [4.78, 5) is 14.4. The average molecular weight is 360 g/mol. The number of benzene rings is 2. The number of hydrogen-bond donors (Lipinski definition) is 2. The highest BCUT2D eigenvalue weighted by Gasteiger charge is 2.05. The summed E-state index contributed by atoms with van der Waals surface area (Å²) in [6.45, 7) is 8.77. The highest BCUT2D eigenvalue weighted by atomic mass is 35.5. The SMILES string of the molecule is CCN(CC)c1ccc(NC(=O)CCNc2ccc(Cl)cc2C)cc1. The molecule has 0 unspecified atom stereocenters. The predicted molar refractivity (Wildman–Crippen MR) is 108 cm³/mol. The van der Waals surface area contributed by atoms with E-state index in [1.54, 1.807) is 0 Å². The van der Waals surface area contributed by atoms with E-state index in [-0.39, 0.29) is 5.91 Å². The van der Waals surface area contributed by atoms with Gasteiger partial charge in [0.15, 0.2) is 0 Å². The van der Waals surface area contributed by atoms with Crippen LogP contribution in [0.25, 0.3) is 0 Å². The zero-order valence-corrected chi connectivity index (χ0v) is 15.9. The lowest BCUT2D eigenvalue weighted by Crippen LogP contribution is -2.21. The van der Waals surface area contributed by atoms with Gasteiger partial charge in [-0.05, 0) is 68.8 Å². The summed E-state index contributed by atoms with van der Waals surface area (Å²) in [6, 6.07) is 13.7. The third kappa shape index (κ3) is 5.68. The average Bonchev–Trinajstić information content (AvgIpc) is 2.59. The number of aryl methyl sites for hydroxylation is 1. The Morgan fingerprint density at radius 2 is 1.76 bits per heavy atom. The second-order valence-electron chi connectivity index (χ2n) is 5.90. The highest BCUT2D eigenvalue weighted by Crippen LogP contribution is 2.20. The summed E-state index contributed by atoms with van der Waals surface area (Å²) in [5, 5.41) is 6.92. The Morgan fingerprint density at radius 1 is 1.08 bits per heavy atom. The molecule has 0 bridgehead atoms. The van der Waals surface area contributed by atoms with Gasteiger partial charge in [0.25, 0.3) is 0 Å². The van der Waals surface area contributed by atoms with Crippen LogP contribution in [-0.2, 0) is 4.79 Å². The summed E-state index contributed by atoms with van der Waals surface area (Å²) in [5.74, 6) is -0.00490. The second-order valence-corrected chi connectivity index (χ2v) is 6.34. The van der Waals surface area contributed by atoms with E-state index in [1.807, 2.05) is 49.4 Å². The lowest BCUT2D eigenvalue weighted by Gasteiger charge is -2.21. The first kappa shape index (κ1) is 19.1. The lowest BCUT2D eigenvalue weighted by molar-refractivity contribution is -0.115. The smallest absolute Gasteiger partial charge is 0.226 e. The van der Waals surface area contributed by atoms with Crippen LogP contribution in [0.15, 0.2) is 42.5 Å². The first-order valence-corrected chi connectivity index (χ1v) is 9.06. The molecule has 0 aliphatic heterocycles. The number of carbonyl (C=O) groups is 1. The van der Waals surface area contributed by atoms with Gasteiger partial charge in [-0.15, -0.1) is 0 Å². The molecule has 2 rings (SSSR count). The van der Waals surface area contributed by atoms with E-state index in [0.717, 1.165) is 30.0 Å². The van der Waals surface area contributed by atoms with Crippen molar-refractivity contribution in [2.24, 2.45) is 0 Å². The quantitative estimate of drug-likeness (QED) is 0.702. The summed E-state index contributed by atoms with van der Waals surface area (Å²) in [6.07, 6.45) is 0.403. The number of halogens is 1. The van der Waals surface area contributed by atoms with Gasteiger partial charge in [0.1, 0.15) is 0 Å². The third-order valence-corrected chi connectivity index (χ3v) is 4.37. The van der Waals surface area contributed by atoms with Crippen molar-refractivity contribution < 1.29 is 4.79 Å². The summed E-state index contributed by atoms with van der Waals surface area (Å²) in [7, 11) is 0. The minimum atomic E-state index is -0.00490. The Kier molecular flexibility index (Phi) is 7.14. The molecule has 25 heavy (non-hydrogen) atoms. The molecule has 0 spiro atoms. The molecule has 2 aromatic carbocycles. The fraction of sp³-hybridized carbons (Fsp3) is 0.350. The van der Waals surface area contributed by atoms with Crippen molar-refractivity contribution in [3.05, 3.63) is 53.1 Å². The molecule has 0 saturated heterocycles. The van der Waals surface area contributed by atoms with Gasteiger partial charge in [0.2, 0.25) is 5.91 Å². The zero-order chi connectivity index (χ0) is 18.2. The molecule has 0 aliphatic rings. The topological polar surface area (TPSA) is 44.4 Å². The molecule has 4 nitrogen and oxygen atoms in total. The summed E-state index contributed by atoms with van der Waals surface area (Å²) < 4.78 is 0. The Morgan fingerprint density at radius 3 is 2.36 bits per heavy atom. The van der Waals surface area contributed by atoms with Crippen molar-refractivity contribution in [3.63, 3.8) is 0 Å². The first-order chi connectivity index (χ1) is 12.0. The number of carbonyl (C=O) groups excluding carboxylic acids is 1. The molecule has 0 radical (unpaired) electrons. The minimum absolute atomic E-state index is 0.00490. The Hall–Kier alpha value is -2.20. The second kappa shape index (κ2) is 9.33. The van der Waals surface area contributed by atoms with Crippen molar-refractivity contribution in [2.75, 3.05) is 35.2 Å². The van der Waals surface area contributed by atoms with E-state index in [1.165, 1.54) is 5.69 Å². The standard InChI is InChI=1S/C20H26ClN3O/c1-4-24(5-2)18-9-7-17(8-10-18)23-20(25)12-13-22-19-11-6-16(21)14-15(19)3/h6-11,14,22H,4-5,12-13H2,1-3H3,(H,23,25). The molecule has 2 N–H and O–H groups in total. The van der Waals surface area contributed by atoms with Crippen LogP contribution in [0, 0.1) is 6.92 Å². The third-order valence-electron chi connectivity index (χ3n) is 4.14. The van der Waals surface area contributed by atoms with Crippen LogP contribution in [0.3, 0.4) is 0 Å². The Bertz CT molecular complexity index is 697. The number of hydrogen-bond acceptors (Lipinski definition) is 3. The Labute approximate surface area is 155 Å². The van der Waals surface area contributed by atoms with Crippen molar-refractivity contribution in [1.82, 2.24) is 0 Å². The van der Waals surface area contributed by atoms with Crippen molar-refractivity contribution in [1.29, 1.82) is 0 Å². The highest BCUT2D eigenvalue weighted by molar-refractivity contribution is 6.30. The number of anilines is 3. The Balaban J connectivity index is 1.82. The van der Waals surface area contributed by atoms with E-state index in [2.05, 4.69) is 29.4 Å². The fourth-order valence-corrected chi connectivity index (χ4v) is 2.93. The predicted octanol–water partition coefficient (Wildman–Crippen LogP) is 4.94. The molecular formula is C20H26ClN3O. The van der Waals surface area contributed by atoms with E-state index < -0.39 is 0 Å². The van der Waals surface area contributed by atoms with Gasteiger partial charge >= 0.3 is 0 Å². The molecule has 5 heteroatoms. The molecule has 0 saturated carbocycles. The van der Waals surface area contributed by atoms with Crippen LogP contribution in [0.4, 0.5) is 17.1 Å². The van der Waals surface area contributed by atoms with Crippen LogP contribution in [-0.4, -0.2) is 25.5 Å². The van der Waals surface area contributed by atoms with Crippen LogP contribution < -0.4 is 15.5 Å². The molecule has 0 fully saturated rings. The van der Waals surface area contributed by atoms with E-state index in [9.17, 15) is 4.79 Å². The molecular weight excluding hydrogens is 334 g/mol. The summed E-state index contributed by atoms with van der Waals surface area (Å²) in [5.41, 5.74) is 4.06. The fourth-order valence-electron chi connectivity index (χ4n) is 2.70. The largest absolute Gasteiger partial charge is 0.384 e. The van der Waals surface area contributed by atoms with Crippen LogP contribution in [0.1, 0.15) is 25.8 Å². The van der Waals surface area contributed by atoms with Crippen molar-refractivity contribution in [2.45, 2.75) is 27.2 Å². The van der Waals surface area contributed by atoms with Gasteiger partial charge in [-0.2, -0.15) is 0 Å². The van der Waals surface area contributed by atoms with Gasteiger partial charge in [-0.3, -0.25) is 4.79 Å². The maximum atomic E-state index is 12.1. The number of nitrogens with zero attached hydrogens (tertiary/aromatic N) is 1. The van der Waals surface area contributed by atoms with E-state index in [4.69, 9.17) is 11.6 Å². The monoisotopic (exact) mass is 359 g/mol. The van der Waals surface area contributed by atoms with Crippen LogP contribution in [0.2, 0.25) is 5.02 Å². The molecule has 1 amide bonds. The number of nitrogens with one attached hydrogen (secondary N) is 2.